The van der Waals surface area contributed by atoms with Crippen LogP contribution in [-0.4, -0.2) is 33.7 Å². The first-order valence-electron chi connectivity index (χ1n) is 7.16. The number of carbonyl (C=O) groups is 1. The van der Waals surface area contributed by atoms with Gasteiger partial charge in [-0.2, -0.15) is 5.10 Å². The highest BCUT2D eigenvalue weighted by atomic mass is 35.5. The van der Waals surface area contributed by atoms with Crippen molar-refractivity contribution in [3.8, 4) is 0 Å². The summed E-state index contributed by atoms with van der Waals surface area (Å²) in [5.74, 6) is 0.472. The summed E-state index contributed by atoms with van der Waals surface area (Å²) in [7, 11) is 1.82. The third-order valence-electron chi connectivity index (χ3n) is 4.02. The van der Waals surface area contributed by atoms with Gasteiger partial charge in [-0.15, -0.1) is 0 Å². The third kappa shape index (κ3) is 2.68. The smallest absolute Gasteiger partial charge is 0.272 e. The number of hydrogen-bond acceptors (Lipinski definition) is 2. The lowest BCUT2D eigenvalue weighted by Gasteiger charge is -2.39. The van der Waals surface area contributed by atoms with Crippen LogP contribution in [0.2, 0.25) is 5.02 Å². The summed E-state index contributed by atoms with van der Waals surface area (Å²) in [5, 5.41) is 5.08. The molecule has 2 aromatic rings. The van der Waals surface area contributed by atoms with Crippen molar-refractivity contribution in [2.45, 2.75) is 19.3 Å². The number of amides is 1. The first-order chi connectivity index (χ1) is 10.1. The first kappa shape index (κ1) is 14.1. The Morgan fingerprint density at radius 2 is 2.00 bits per heavy atom. The number of aryl methyl sites for hydroxylation is 2. The van der Waals surface area contributed by atoms with Crippen molar-refractivity contribution in [2.75, 3.05) is 13.1 Å². The zero-order valence-corrected chi connectivity index (χ0v) is 13.0. The minimum Gasteiger partial charge on any atom is -0.336 e. The van der Waals surface area contributed by atoms with Crippen LogP contribution in [0.4, 0.5) is 0 Å². The van der Waals surface area contributed by atoms with E-state index in [1.807, 2.05) is 49.2 Å². The van der Waals surface area contributed by atoms with Gasteiger partial charge in [-0.25, -0.2) is 0 Å². The Balaban J connectivity index is 1.66. The summed E-state index contributed by atoms with van der Waals surface area (Å²) in [6, 6.07) is 9.76. The summed E-state index contributed by atoms with van der Waals surface area (Å²) < 4.78 is 1.68. The molecule has 0 atom stereocenters. The van der Waals surface area contributed by atoms with Gasteiger partial charge in [0.25, 0.3) is 5.91 Å². The van der Waals surface area contributed by atoms with Gasteiger partial charge in [0.05, 0.1) is 5.69 Å². The van der Waals surface area contributed by atoms with Gasteiger partial charge >= 0.3 is 0 Å². The van der Waals surface area contributed by atoms with E-state index in [2.05, 4.69) is 5.10 Å². The van der Waals surface area contributed by atoms with Gasteiger partial charge in [-0.05, 0) is 30.2 Å². The molecule has 0 saturated carbocycles. The van der Waals surface area contributed by atoms with Crippen molar-refractivity contribution >= 4 is 17.5 Å². The zero-order valence-electron chi connectivity index (χ0n) is 12.2. The SMILES string of the molecule is CCc1cc(C(=O)N2CC(c3ccc(Cl)cc3)C2)n(C)n1. The van der Waals surface area contributed by atoms with Crippen LogP contribution in [0.25, 0.3) is 0 Å². The number of hydrogen-bond donors (Lipinski definition) is 0. The molecule has 4 nitrogen and oxygen atoms in total. The minimum atomic E-state index is 0.0647. The highest BCUT2D eigenvalue weighted by Gasteiger charge is 2.33. The fraction of sp³-hybridized carbons (Fsp3) is 0.375. The third-order valence-corrected chi connectivity index (χ3v) is 4.27. The average molecular weight is 304 g/mol. The van der Waals surface area contributed by atoms with Gasteiger partial charge in [0.2, 0.25) is 0 Å². The second-order valence-electron chi connectivity index (χ2n) is 5.46. The standard InChI is InChI=1S/C16H18ClN3O/c1-3-14-8-15(19(2)18-14)16(21)20-9-12(10-20)11-4-6-13(17)7-5-11/h4-8,12H,3,9-10H2,1-2H3. The normalized spacial score (nSPS) is 15.1. The van der Waals surface area contributed by atoms with E-state index in [1.54, 1.807) is 4.68 Å². The van der Waals surface area contributed by atoms with Crippen LogP contribution in [0.3, 0.4) is 0 Å². The maximum absolute atomic E-state index is 12.5. The Hall–Kier alpha value is -1.81. The molecule has 1 aromatic heterocycles. The van der Waals surface area contributed by atoms with E-state index in [0.29, 0.717) is 11.6 Å². The molecular formula is C16H18ClN3O. The molecule has 0 bridgehead atoms. The van der Waals surface area contributed by atoms with Crippen LogP contribution in [0.15, 0.2) is 30.3 Å². The maximum atomic E-state index is 12.5. The van der Waals surface area contributed by atoms with Crippen molar-refractivity contribution in [2.24, 2.45) is 7.05 Å². The molecule has 0 radical (unpaired) electrons. The monoisotopic (exact) mass is 303 g/mol. The largest absolute Gasteiger partial charge is 0.336 e. The Bertz CT molecular complexity index is 657. The van der Waals surface area contributed by atoms with Crippen molar-refractivity contribution < 1.29 is 4.79 Å². The van der Waals surface area contributed by atoms with Gasteiger partial charge in [-0.3, -0.25) is 9.48 Å². The van der Waals surface area contributed by atoms with E-state index in [4.69, 9.17) is 11.6 Å². The van der Waals surface area contributed by atoms with Gasteiger partial charge < -0.3 is 4.90 Å². The summed E-state index contributed by atoms with van der Waals surface area (Å²) in [6.07, 6.45) is 0.842. The highest BCUT2D eigenvalue weighted by molar-refractivity contribution is 6.30. The van der Waals surface area contributed by atoms with Gasteiger partial charge in [0.15, 0.2) is 0 Å². The van der Waals surface area contributed by atoms with Crippen LogP contribution < -0.4 is 0 Å². The molecule has 0 aliphatic carbocycles. The number of benzene rings is 1. The van der Waals surface area contributed by atoms with Gasteiger partial charge in [0.1, 0.15) is 5.69 Å². The predicted molar refractivity (Wildman–Crippen MR) is 82.7 cm³/mol. The van der Waals surface area contributed by atoms with Crippen LogP contribution in [-0.2, 0) is 13.5 Å². The Labute approximate surface area is 129 Å². The van der Waals surface area contributed by atoms with Crippen LogP contribution >= 0.6 is 11.6 Å². The lowest BCUT2D eigenvalue weighted by Crippen LogP contribution is -2.48. The van der Waals surface area contributed by atoms with Crippen molar-refractivity contribution in [1.82, 2.24) is 14.7 Å². The summed E-state index contributed by atoms with van der Waals surface area (Å²) in [6.45, 7) is 3.55. The van der Waals surface area contributed by atoms with Crippen molar-refractivity contribution in [3.63, 3.8) is 0 Å². The zero-order chi connectivity index (χ0) is 15.0. The molecule has 1 aromatic carbocycles. The van der Waals surface area contributed by atoms with Crippen LogP contribution in [0.5, 0.6) is 0 Å². The number of rotatable bonds is 3. The van der Waals surface area contributed by atoms with Gasteiger partial charge in [-0.1, -0.05) is 30.7 Å². The quantitative estimate of drug-likeness (QED) is 0.874. The molecule has 1 fully saturated rings. The van der Waals surface area contributed by atoms with Crippen molar-refractivity contribution in [3.05, 3.63) is 52.3 Å². The molecule has 21 heavy (non-hydrogen) atoms. The molecule has 1 aliphatic rings. The topological polar surface area (TPSA) is 38.1 Å². The van der Waals surface area contributed by atoms with E-state index >= 15 is 0 Å². The van der Waals surface area contributed by atoms with E-state index in [9.17, 15) is 4.79 Å². The Kier molecular flexibility index (Phi) is 3.72. The van der Waals surface area contributed by atoms with E-state index in [0.717, 1.165) is 30.2 Å². The second kappa shape index (κ2) is 5.53. The lowest BCUT2D eigenvalue weighted by atomic mass is 9.91. The van der Waals surface area contributed by atoms with Gasteiger partial charge in [0, 0.05) is 31.1 Å². The number of aromatic nitrogens is 2. The minimum absolute atomic E-state index is 0.0647. The summed E-state index contributed by atoms with van der Waals surface area (Å²) >= 11 is 5.90. The molecule has 0 unspecified atom stereocenters. The molecule has 3 rings (SSSR count). The molecule has 1 saturated heterocycles. The lowest BCUT2D eigenvalue weighted by molar-refractivity contribution is 0.0591. The molecule has 110 valence electrons. The number of nitrogens with zero attached hydrogens (tertiary/aromatic N) is 3. The molecule has 0 N–H and O–H groups in total. The molecule has 5 heteroatoms. The molecule has 1 amide bonds. The van der Waals surface area contributed by atoms with E-state index < -0.39 is 0 Å². The molecule has 1 aliphatic heterocycles. The summed E-state index contributed by atoms with van der Waals surface area (Å²) in [4.78, 5) is 14.3. The number of halogens is 1. The second-order valence-corrected chi connectivity index (χ2v) is 5.89. The van der Waals surface area contributed by atoms with Crippen LogP contribution in [0, 0.1) is 0 Å². The number of carbonyl (C=O) groups excluding carboxylic acids is 1. The number of likely N-dealkylation sites (tertiary alicyclic amines) is 1. The van der Waals surface area contributed by atoms with Crippen LogP contribution in [0.1, 0.15) is 34.6 Å². The Morgan fingerprint density at radius 3 is 2.57 bits per heavy atom. The highest BCUT2D eigenvalue weighted by Crippen LogP contribution is 2.29. The molecule has 2 heterocycles. The predicted octanol–water partition coefficient (Wildman–Crippen LogP) is 2.88. The summed E-state index contributed by atoms with van der Waals surface area (Å²) in [5.41, 5.74) is 2.86. The Morgan fingerprint density at radius 1 is 1.33 bits per heavy atom. The molecule has 0 spiro atoms. The fourth-order valence-electron chi connectivity index (χ4n) is 2.65. The van der Waals surface area contributed by atoms with E-state index in [-0.39, 0.29) is 5.91 Å². The molecular weight excluding hydrogens is 286 g/mol. The van der Waals surface area contributed by atoms with E-state index in [1.165, 1.54) is 5.56 Å². The average Bonchev–Trinajstić information content (AvgIpc) is 2.80. The fourth-order valence-corrected chi connectivity index (χ4v) is 2.78. The van der Waals surface area contributed by atoms with Crippen molar-refractivity contribution in [1.29, 1.82) is 0 Å². The first-order valence-corrected chi connectivity index (χ1v) is 7.54. The maximum Gasteiger partial charge on any atom is 0.272 e.